The maximum absolute atomic E-state index is 13.0. The van der Waals surface area contributed by atoms with E-state index in [2.05, 4.69) is 16.3 Å². The molecule has 6 nitrogen and oxygen atoms in total. The molecular weight excluding hydrogens is 292 g/mol. The number of benzene rings is 1. The third-order valence-electron chi connectivity index (χ3n) is 5.55. The van der Waals surface area contributed by atoms with E-state index in [0.29, 0.717) is 13.2 Å². The van der Waals surface area contributed by atoms with Crippen LogP contribution in [0.2, 0.25) is 0 Å². The van der Waals surface area contributed by atoms with Crippen LogP contribution in [0.5, 0.6) is 5.75 Å². The van der Waals surface area contributed by atoms with E-state index in [1.807, 2.05) is 27.7 Å². The number of para-hydroxylation sites is 1. The van der Waals surface area contributed by atoms with Gasteiger partial charge in [-0.15, -0.1) is 10.2 Å². The number of nitrogens with zero attached hydrogens (tertiary/aromatic N) is 4. The minimum Gasteiger partial charge on any atom is -0.493 e. The molecule has 5 rings (SSSR count). The molecule has 6 heteroatoms. The molecule has 0 N–H and O–H groups in total. The number of carbonyl (C=O) groups is 1. The van der Waals surface area contributed by atoms with Crippen LogP contribution in [0.3, 0.4) is 0 Å². The lowest BCUT2D eigenvalue weighted by atomic mass is 9.87. The lowest BCUT2D eigenvalue weighted by molar-refractivity contribution is -0.134. The Balaban J connectivity index is 1.40. The first-order chi connectivity index (χ1) is 11.3. The summed E-state index contributed by atoms with van der Waals surface area (Å²) in [5.74, 6) is 2.18. The Morgan fingerprint density at radius 2 is 2.22 bits per heavy atom. The summed E-state index contributed by atoms with van der Waals surface area (Å²) in [6.07, 6.45) is 3.62. The Bertz CT molecular complexity index is 786. The van der Waals surface area contributed by atoms with Gasteiger partial charge in [0.05, 0.1) is 13.2 Å². The van der Waals surface area contributed by atoms with Crippen LogP contribution in [0.1, 0.15) is 24.2 Å². The molecule has 0 radical (unpaired) electrons. The van der Waals surface area contributed by atoms with Gasteiger partial charge in [0.1, 0.15) is 12.1 Å². The van der Waals surface area contributed by atoms with Crippen molar-refractivity contribution in [2.45, 2.75) is 31.3 Å². The minimum absolute atomic E-state index is 0.00293. The molecule has 23 heavy (non-hydrogen) atoms. The first kappa shape index (κ1) is 13.1. The maximum atomic E-state index is 13.0. The molecule has 118 valence electrons. The van der Waals surface area contributed by atoms with Gasteiger partial charge in [-0.25, -0.2) is 0 Å². The van der Waals surface area contributed by atoms with Gasteiger partial charge in [0, 0.05) is 30.0 Å². The first-order valence-electron chi connectivity index (χ1n) is 8.16. The molecule has 1 fully saturated rings. The van der Waals surface area contributed by atoms with Crippen molar-refractivity contribution in [1.29, 1.82) is 0 Å². The standard InChI is InChI=1S/C17H18N4O2/c22-16(20-6-7-21-11-18-19-15(21)10-20)13-9-17(13)5-8-23-14-4-2-1-3-12(14)17/h1-4,11,13H,5-10H2. The quantitative estimate of drug-likeness (QED) is 0.798. The third-order valence-corrected chi connectivity index (χ3v) is 5.55. The molecule has 1 aliphatic carbocycles. The maximum Gasteiger partial charge on any atom is 0.227 e. The number of aromatic nitrogens is 3. The Kier molecular flexibility index (Phi) is 2.60. The molecule has 0 bridgehead atoms. The summed E-state index contributed by atoms with van der Waals surface area (Å²) in [5.41, 5.74) is 1.21. The van der Waals surface area contributed by atoms with E-state index in [1.165, 1.54) is 5.56 Å². The van der Waals surface area contributed by atoms with Crippen LogP contribution in [0.25, 0.3) is 0 Å². The van der Waals surface area contributed by atoms with Gasteiger partial charge in [-0.2, -0.15) is 0 Å². The average molecular weight is 310 g/mol. The molecule has 1 saturated carbocycles. The van der Waals surface area contributed by atoms with Crippen LogP contribution >= 0.6 is 0 Å². The van der Waals surface area contributed by atoms with Gasteiger partial charge in [0.15, 0.2) is 5.82 Å². The van der Waals surface area contributed by atoms with Gasteiger partial charge in [-0.3, -0.25) is 4.79 Å². The lowest BCUT2D eigenvalue weighted by Gasteiger charge is -2.30. The highest BCUT2D eigenvalue weighted by Crippen LogP contribution is 2.61. The molecule has 1 amide bonds. The fraction of sp³-hybridized carbons (Fsp3) is 0.471. The van der Waals surface area contributed by atoms with Crippen LogP contribution in [0.4, 0.5) is 0 Å². The molecule has 1 aromatic heterocycles. The summed E-state index contributed by atoms with van der Waals surface area (Å²) >= 11 is 0. The number of hydrogen-bond donors (Lipinski definition) is 0. The van der Waals surface area contributed by atoms with Crippen molar-refractivity contribution >= 4 is 5.91 Å². The van der Waals surface area contributed by atoms with Gasteiger partial charge in [0.25, 0.3) is 0 Å². The summed E-state index contributed by atoms with van der Waals surface area (Å²) in [6.45, 7) is 2.81. The van der Waals surface area contributed by atoms with Gasteiger partial charge < -0.3 is 14.2 Å². The molecule has 2 aromatic rings. The molecule has 2 unspecified atom stereocenters. The monoisotopic (exact) mass is 310 g/mol. The van der Waals surface area contributed by atoms with Crippen molar-refractivity contribution in [2.75, 3.05) is 13.2 Å². The van der Waals surface area contributed by atoms with Crippen molar-refractivity contribution < 1.29 is 9.53 Å². The van der Waals surface area contributed by atoms with Gasteiger partial charge >= 0.3 is 0 Å². The zero-order valence-corrected chi connectivity index (χ0v) is 12.8. The number of rotatable bonds is 1. The lowest BCUT2D eigenvalue weighted by Crippen LogP contribution is -2.40. The summed E-state index contributed by atoms with van der Waals surface area (Å²) < 4.78 is 7.79. The van der Waals surface area contributed by atoms with Crippen LogP contribution in [0, 0.1) is 5.92 Å². The zero-order valence-electron chi connectivity index (χ0n) is 12.8. The fourth-order valence-electron chi connectivity index (χ4n) is 4.16. The van der Waals surface area contributed by atoms with E-state index in [-0.39, 0.29) is 17.2 Å². The predicted molar refractivity (Wildman–Crippen MR) is 81.8 cm³/mol. The van der Waals surface area contributed by atoms with Crippen molar-refractivity contribution in [2.24, 2.45) is 5.92 Å². The molecule has 1 spiro atoms. The van der Waals surface area contributed by atoms with Gasteiger partial charge in [-0.05, 0) is 18.9 Å². The Morgan fingerprint density at radius 1 is 1.30 bits per heavy atom. The number of hydrogen-bond acceptors (Lipinski definition) is 4. The molecule has 3 aliphatic rings. The van der Waals surface area contributed by atoms with Crippen LogP contribution in [0.15, 0.2) is 30.6 Å². The summed E-state index contributed by atoms with van der Waals surface area (Å²) in [5, 5.41) is 8.04. The average Bonchev–Trinajstić information content (AvgIpc) is 3.10. The molecule has 0 saturated heterocycles. The van der Waals surface area contributed by atoms with E-state index in [9.17, 15) is 4.79 Å². The Hall–Kier alpha value is -2.37. The van der Waals surface area contributed by atoms with Crippen molar-refractivity contribution in [3.8, 4) is 5.75 Å². The topological polar surface area (TPSA) is 60.2 Å². The van der Waals surface area contributed by atoms with Crippen molar-refractivity contribution in [1.82, 2.24) is 19.7 Å². The summed E-state index contributed by atoms with van der Waals surface area (Å²) in [6, 6.07) is 8.17. The largest absolute Gasteiger partial charge is 0.493 e. The van der Waals surface area contributed by atoms with E-state index in [1.54, 1.807) is 6.33 Å². The van der Waals surface area contributed by atoms with E-state index in [4.69, 9.17) is 4.74 Å². The number of fused-ring (bicyclic) bond motifs is 3. The molecule has 3 heterocycles. The second kappa shape index (κ2) is 4.57. The first-order valence-corrected chi connectivity index (χ1v) is 8.16. The molecule has 2 aliphatic heterocycles. The predicted octanol–water partition coefficient (Wildman–Crippen LogP) is 1.36. The summed E-state index contributed by atoms with van der Waals surface area (Å²) in [4.78, 5) is 14.9. The highest BCUT2D eigenvalue weighted by Gasteiger charge is 2.61. The molecule has 2 atom stereocenters. The van der Waals surface area contributed by atoms with Crippen LogP contribution < -0.4 is 4.74 Å². The Morgan fingerprint density at radius 3 is 3.17 bits per heavy atom. The van der Waals surface area contributed by atoms with Crippen LogP contribution in [-0.2, 0) is 23.3 Å². The highest BCUT2D eigenvalue weighted by molar-refractivity contribution is 5.85. The van der Waals surface area contributed by atoms with Gasteiger partial charge in [0.2, 0.25) is 5.91 Å². The SMILES string of the molecule is O=C(C1CC12CCOc1ccccc12)N1CCn2cnnc2C1. The molecular formula is C17H18N4O2. The Labute approximate surface area is 134 Å². The fourth-order valence-corrected chi connectivity index (χ4v) is 4.16. The van der Waals surface area contributed by atoms with E-state index < -0.39 is 0 Å². The second-order valence-electron chi connectivity index (χ2n) is 6.71. The van der Waals surface area contributed by atoms with Gasteiger partial charge in [-0.1, -0.05) is 18.2 Å². The van der Waals surface area contributed by atoms with E-state index >= 15 is 0 Å². The van der Waals surface area contributed by atoms with Crippen molar-refractivity contribution in [3.63, 3.8) is 0 Å². The minimum atomic E-state index is -0.00293. The number of ether oxygens (including phenoxy) is 1. The van der Waals surface area contributed by atoms with Crippen molar-refractivity contribution in [3.05, 3.63) is 42.0 Å². The third kappa shape index (κ3) is 1.84. The zero-order chi connectivity index (χ0) is 15.4. The van der Waals surface area contributed by atoms with Crippen LogP contribution in [-0.4, -0.2) is 38.7 Å². The smallest absolute Gasteiger partial charge is 0.227 e. The second-order valence-corrected chi connectivity index (χ2v) is 6.71. The summed E-state index contributed by atoms with van der Waals surface area (Å²) in [7, 11) is 0. The van der Waals surface area contributed by atoms with E-state index in [0.717, 1.165) is 37.5 Å². The number of amides is 1. The molecule has 1 aromatic carbocycles. The number of carbonyl (C=O) groups excluding carboxylic acids is 1. The normalized spacial score (nSPS) is 28.0. The highest BCUT2D eigenvalue weighted by atomic mass is 16.5.